The summed E-state index contributed by atoms with van der Waals surface area (Å²) >= 11 is 1.38. The zero-order valence-electron chi connectivity index (χ0n) is 15.7. The van der Waals surface area contributed by atoms with Crippen molar-refractivity contribution in [3.63, 3.8) is 0 Å². The normalized spacial score (nSPS) is 10.5. The molecule has 0 aliphatic rings. The van der Waals surface area contributed by atoms with Crippen molar-refractivity contribution in [1.82, 2.24) is 15.8 Å². The molecule has 1 aromatic heterocycles. The Bertz CT molecular complexity index is 967. The van der Waals surface area contributed by atoms with Crippen LogP contribution in [0.4, 0.5) is 0 Å². The molecule has 3 rings (SSSR count). The fourth-order valence-electron chi connectivity index (χ4n) is 2.61. The molecule has 2 aromatic carbocycles. The van der Waals surface area contributed by atoms with Crippen LogP contribution in [0.3, 0.4) is 0 Å². The fourth-order valence-corrected chi connectivity index (χ4v) is 3.42. The molecule has 0 aliphatic carbocycles. The van der Waals surface area contributed by atoms with E-state index in [1.165, 1.54) is 16.9 Å². The Labute approximate surface area is 167 Å². The number of carbonyl (C=O) groups excluding carboxylic acids is 2. The zero-order chi connectivity index (χ0) is 19.9. The summed E-state index contributed by atoms with van der Waals surface area (Å²) in [7, 11) is 1.59. The van der Waals surface area contributed by atoms with E-state index in [1.54, 1.807) is 30.7 Å². The number of carbonyl (C=O) groups is 2. The van der Waals surface area contributed by atoms with Gasteiger partial charge in [0.2, 0.25) is 0 Å². The third-order valence-corrected chi connectivity index (χ3v) is 5.03. The number of rotatable bonds is 6. The summed E-state index contributed by atoms with van der Waals surface area (Å²) in [6.45, 7) is 2.51. The number of amides is 2. The van der Waals surface area contributed by atoms with Gasteiger partial charge in [0.1, 0.15) is 10.7 Å². The van der Waals surface area contributed by atoms with Crippen molar-refractivity contribution in [3.8, 4) is 10.6 Å². The lowest BCUT2D eigenvalue weighted by molar-refractivity contribution is 0.0844. The number of aryl methyl sites for hydroxylation is 1. The number of nitrogens with zero attached hydrogens (tertiary/aromatic N) is 1. The summed E-state index contributed by atoms with van der Waals surface area (Å²) < 4.78 is 5.06. The average molecular weight is 395 g/mol. The number of methoxy groups -OCH3 is 1. The summed E-state index contributed by atoms with van der Waals surface area (Å²) in [6, 6.07) is 15.1. The van der Waals surface area contributed by atoms with E-state index in [0.717, 1.165) is 22.6 Å². The number of benzene rings is 2. The van der Waals surface area contributed by atoms with Crippen LogP contribution in [0.25, 0.3) is 10.6 Å². The number of ether oxygens (including phenoxy) is 1. The molecule has 144 valence electrons. The molecule has 7 heteroatoms. The van der Waals surface area contributed by atoms with Gasteiger partial charge in [-0.2, -0.15) is 0 Å². The number of aromatic nitrogens is 1. The molecule has 0 bridgehead atoms. The van der Waals surface area contributed by atoms with Gasteiger partial charge in [-0.05, 0) is 29.7 Å². The van der Waals surface area contributed by atoms with Crippen LogP contribution in [0.2, 0.25) is 0 Å². The molecule has 0 fully saturated rings. The monoisotopic (exact) mass is 395 g/mol. The molecule has 2 N–H and O–H groups in total. The van der Waals surface area contributed by atoms with Gasteiger partial charge in [0, 0.05) is 23.6 Å². The largest absolute Gasteiger partial charge is 0.380 e. The molecule has 6 nitrogen and oxygen atoms in total. The van der Waals surface area contributed by atoms with Crippen LogP contribution in [-0.2, 0) is 17.8 Å². The Hall–Kier alpha value is -3.03. The van der Waals surface area contributed by atoms with E-state index in [2.05, 4.69) is 34.9 Å². The fraction of sp³-hybridized carbons (Fsp3) is 0.190. The van der Waals surface area contributed by atoms with Crippen LogP contribution < -0.4 is 10.9 Å². The molecule has 28 heavy (non-hydrogen) atoms. The molecule has 1 heterocycles. The number of hydrazine groups is 1. The van der Waals surface area contributed by atoms with E-state index in [9.17, 15) is 9.59 Å². The van der Waals surface area contributed by atoms with Gasteiger partial charge in [0.05, 0.1) is 6.61 Å². The van der Waals surface area contributed by atoms with Gasteiger partial charge in [0.25, 0.3) is 11.8 Å². The van der Waals surface area contributed by atoms with Crippen molar-refractivity contribution in [3.05, 3.63) is 76.3 Å². The first-order chi connectivity index (χ1) is 13.6. The van der Waals surface area contributed by atoms with E-state index in [4.69, 9.17) is 4.74 Å². The van der Waals surface area contributed by atoms with Gasteiger partial charge < -0.3 is 4.74 Å². The van der Waals surface area contributed by atoms with Gasteiger partial charge in [-0.15, -0.1) is 11.3 Å². The summed E-state index contributed by atoms with van der Waals surface area (Å²) in [6.07, 6.45) is 0.972. The summed E-state index contributed by atoms with van der Waals surface area (Å²) in [5.74, 6) is -0.869. The Balaban J connectivity index is 1.61. The Morgan fingerprint density at radius 2 is 1.79 bits per heavy atom. The highest BCUT2D eigenvalue weighted by atomic mass is 32.1. The SMILES string of the molecule is CCc1ccc(-c2nc(C(=O)NNC(=O)c3cccc(COC)c3)cs2)cc1. The topological polar surface area (TPSA) is 80.3 Å². The highest BCUT2D eigenvalue weighted by Gasteiger charge is 2.13. The van der Waals surface area contributed by atoms with Crippen LogP contribution >= 0.6 is 11.3 Å². The van der Waals surface area contributed by atoms with Crippen molar-refractivity contribution in [2.45, 2.75) is 20.0 Å². The lowest BCUT2D eigenvalue weighted by Crippen LogP contribution is -2.41. The summed E-state index contributed by atoms with van der Waals surface area (Å²) in [4.78, 5) is 28.9. The molecular formula is C21H21N3O3S. The van der Waals surface area contributed by atoms with Crippen molar-refractivity contribution in [2.24, 2.45) is 0 Å². The quantitative estimate of drug-likeness (QED) is 0.625. The minimum absolute atomic E-state index is 0.257. The lowest BCUT2D eigenvalue weighted by Gasteiger charge is -2.07. The maximum absolute atomic E-state index is 12.3. The molecule has 0 saturated heterocycles. The zero-order valence-corrected chi connectivity index (χ0v) is 16.5. The van der Waals surface area contributed by atoms with E-state index in [1.807, 2.05) is 18.2 Å². The predicted molar refractivity (Wildman–Crippen MR) is 109 cm³/mol. The summed E-state index contributed by atoms with van der Waals surface area (Å²) in [5.41, 5.74) is 8.59. The number of thiazole rings is 1. The first kappa shape index (κ1) is 19.7. The summed E-state index contributed by atoms with van der Waals surface area (Å²) in [5, 5.41) is 2.43. The molecule has 0 aliphatic heterocycles. The van der Waals surface area contributed by atoms with Crippen LogP contribution in [-0.4, -0.2) is 23.9 Å². The highest BCUT2D eigenvalue weighted by Crippen LogP contribution is 2.24. The first-order valence-electron chi connectivity index (χ1n) is 8.84. The molecule has 2 amide bonds. The first-order valence-corrected chi connectivity index (χ1v) is 9.72. The second-order valence-corrected chi connectivity index (χ2v) is 6.99. The molecule has 0 radical (unpaired) electrons. The number of nitrogens with one attached hydrogen (secondary N) is 2. The van der Waals surface area contributed by atoms with Gasteiger partial charge in [-0.1, -0.05) is 43.3 Å². The van der Waals surface area contributed by atoms with Gasteiger partial charge in [-0.25, -0.2) is 4.98 Å². The molecular weight excluding hydrogens is 374 g/mol. The Kier molecular flexibility index (Phi) is 6.52. The predicted octanol–water partition coefficient (Wildman–Crippen LogP) is 3.59. The maximum Gasteiger partial charge on any atom is 0.289 e. The van der Waals surface area contributed by atoms with E-state index < -0.39 is 11.8 Å². The standard InChI is InChI=1S/C21H21N3O3S/c1-3-14-7-9-16(10-8-14)21-22-18(13-28-21)20(26)24-23-19(25)17-6-4-5-15(11-17)12-27-2/h4-11,13H,3,12H2,1-2H3,(H,23,25)(H,24,26). The van der Waals surface area contributed by atoms with Crippen LogP contribution in [0.5, 0.6) is 0 Å². The highest BCUT2D eigenvalue weighted by molar-refractivity contribution is 7.13. The van der Waals surface area contributed by atoms with E-state index in [-0.39, 0.29) is 5.69 Å². The lowest BCUT2D eigenvalue weighted by atomic mass is 10.1. The second-order valence-electron chi connectivity index (χ2n) is 6.13. The van der Waals surface area contributed by atoms with E-state index in [0.29, 0.717) is 12.2 Å². The molecule has 0 atom stereocenters. The van der Waals surface area contributed by atoms with Gasteiger partial charge >= 0.3 is 0 Å². The smallest absolute Gasteiger partial charge is 0.289 e. The van der Waals surface area contributed by atoms with Crippen molar-refractivity contribution >= 4 is 23.2 Å². The third-order valence-electron chi connectivity index (χ3n) is 4.14. The second kappa shape index (κ2) is 9.25. The molecule has 3 aromatic rings. The van der Waals surface area contributed by atoms with Crippen LogP contribution in [0.1, 0.15) is 38.9 Å². The Morgan fingerprint density at radius 3 is 2.50 bits per heavy atom. The van der Waals surface area contributed by atoms with Gasteiger partial charge in [0.15, 0.2) is 0 Å². The minimum Gasteiger partial charge on any atom is -0.380 e. The van der Waals surface area contributed by atoms with Crippen molar-refractivity contribution in [1.29, 1.82) is 0 Å². The molecule has 0 spiro atoms. The third kappa shape index (κ3) is 4.82. The van der Waals surface area contributed by atoms with Crippen LogP contribution in [0.15, 0.2) is 53.9 Å². The number of hydrogen-bond donors (Lipinski definition) is 2. The molecule has 0 unspecified atom stereocenters. The van der Waals surface area contributed by atoms with Crippen LogP contribution in [0, 0.1) is 0 Å². The minimum atomic E-state index is -0.464. The van der Waals surface area contributed by atoms with Gasteiger partial charge in [-0.3, -0.25) is 20.4 Å². The van der Waals surface area contributed by atoms with Crippen molar-refractivity contribution in [2.75, 3.05) is 7.11 Å². The average Bonchev–Trinajstić information content (AvgIpc) is 3.22. The number of hydrogen-bond acceptors (Lipinski definition) is 5. The maximum atomic E-state index is 12.3. The van der Waals surface area contributed by atoms with Crippen molar-refractivity contribution < 1.29 is 14.3 Å². The molecule has 0 saturated carbocycles. The van der Waals surface area contributed by atoms with E-state index >= 15 is 0 Å². The Morgan fingerprint density at radius 1 is 1.04 bits per heavy atom.